The van der Waals surface area contributed by atoms with Gasteiger partial charge in [-0.15, -0.1) is 0 Å². The van der Waals surface area contributed by atoms with E-state index in [2.05, 4.69) is 15.3 Å². The minimum absolute atomic E-state index is 0.166. The lowest BCUT2D eigenvalue weighted by Gasteiger charge is -2.32. The van der Waals surface area contributed by atoms with Gasteiger partial charge in [0.1, 0.15) is 0 Å². The third kappa shape index (κ3) is 4.75. The normalized spacial score (nSPS) is 18.8. The van der Waals surface area contributed by atoms with E-state index < -0.39 is 17.8 Å². The van der Waals surface area contributed by atoms with Gasteiger partial charge in [0.2, 0.25) is 11.9 Å². The van der Waals surface area contributed by atoms with E-state index in [-0.39, 0.29) is 11.8 Å². The molecule has 2 heterocycles. The van der Waals surface area contributed by atoms with E-state index in [1.165, 1.54) is 6.07 Å². The van der Waals surface area contributed by atoms with Crippen LogP contribution in [0.3, 0.4) is 0 Å². The fourth-order valence-electron chi connectivity index (χ4n) is 3.23. The molecule has 1 aliphatic heterocycles. The Morgan fingerprint density at radius 3 is 2.70 bits per heavy atom. The zero-order valence-corrected chi connectivity index (χ0v) is 14.9. The average Bonchev–Trinajstić information content (AvgIpc) is 2.68. The van der Waals surface area contributed by atoms with Crippen molar-refractivity contribution in [3.8, 4) is 0 Å². The van der Waals surface area contributed by atoms with E-state index in [9.17, 15) is 18.0 Å². The Morgan fingerprint density at radius 2 is 2.00 bits per heavy atom. The van der Waals surface area contributed by atoms with Crippen molar-refractivity contribution in [3.05, 3.63) is 53.9 Å². The highest BCUT2D eigenvalue weighted by molar-refractivity contribution is 5.80. The number of carbonyl (C=O) groups is 1. The quantitative estimate of drug-likeness (QED) is 0.883. The van der Waals surface area contributed by atoms with Crippen molar-refractivity contribution in [3.63, 3.8) is 0 Å². The Labute approximate surface area is 155 Å². The van der Waals surface area contributed by atoms with Crippen LogP contribution in [0.15, 0.2) is 42.7 Å². The van der Waals surface area contributed by atoms with Crippen LogP contribution in [-0.2, 0) is 11.0 Å². The van der Waals surface area contributed by atoms with Crippen LogP contribution in [0.2, 0.25) is 0 Å². The summed E-state index contributed by atoms with van der Waals surface area (Å²) in [5, 5.41) is 2.84. The number of nitrogens with one attached hydrogen (secondary N) is 1. The molecule has 1 fully saturated rings. The van der Waals surface area contributed by atoms with Gasteiger partial charge in [-0.2, -0.15) is 13.2 Å². The summed E-state index contributed by atoms with van der Waals surface area (Å²) in [4.78, 5) is 23.0. The second-order valence-electron chi connectivity index (χ2n) is 6.69. The van der Waals surface area contributed by atoms with Crippen LogP contribution in [0.25, 0.3) is 0 Å². The maximum atomic E-state index is 12.9. The standard InChI is InChI=1S/C19H21F3N4O/c1-13(14-5-2-7-16(11-14)19(20,21)22)25-17(27)15-6-3-10-26(12-15)18-23-8-4-9-24-18/h2,4-5,7-9,11,13,15H,3,6,10,12H2,1H3,(H,25,27). The summed E-state index contributed by atoms with van der Waals surface area (Å²) in [6.07, 6.45) is 0.460. The van der Waals surface area contributed by atoms with Crippen LogP contribution in [0, 0.1) is 5.92 Å². The first-order valence-corrected chi connectivity index (χ1v) is 8.84. The Hall–Kier alpha value is -2.64. The molecule has 144 valence electrons. The molecule has 1 aromatic heterocycles. The molecular formula is C19H21F3N4O. The summed E-state index contributed by atoms with van der Waals surface area (Å²) < 4.78 is 38.7. The molecule has 0 spiro atoms. The van der Waals surface area contributed by atoms with E-state index >= 15 is 0 Å². The molecule has 1 saturated heterocycles. The third-order valence-electron chi connectivity index (χ3n) is 4.70. The molecule has 3 rings (SSSR count). The minimum atomic E-state index is -4.40. The van der Waals surface area contributed by atoms with Crippen LogP contribution in [0.4, 0.5) is 19.1 Å². The second kappa shape index (κ2) is 7.94. The van der Waals surface area contributed by atoms with E-state index in [4.69, 9.17) is 0 Å². The first-order chi connectivity index (χ1) is 12.8. The van der Waals surface area contributed by atoms with Crippen molar-refractivity contribution >= 4 is 11.9 Å². The van der Waals surface area contributed by atoms with Crippen molar-refractivity contribution in [2.45, 2.75) is 32.0 Å². The molecule has 5 nitrogen and oxygen atoms in total. The molecule has 2 atom stereocenters. The van der Waals surface area contributed by atoms with Crippen molar-refractivity contribution in [1.29, 1.82) is 0 Å². The van der Waals surface area contributed by atoms with Crippen LogP contribution >= 0.6 is 0 Å². The summed E-state index contributed by atoms with van der Waals surface area (Å²) in [6.45, 7) is 2.95. The van der Waals surface area contributed by atoms with Gasteiger partial charge in [0.25, 0.3) is 0 Å². The molecule has 8 heteroatoms. The number of rotatable bonds is 4. The monoisotopic (exact) mass is 378 g/mol. The Morgan fingerprint density at radius 1 is 1.26 bits per heavy atom. The van der Waals surface area contributed by atoms with Crippen LogP contribution in [0.5, 0.6) is 0 Å². The van der Waals surface area contributed by atoms with E-state index in [0.29, 0.717) is 18.1 Å². The number of benzene rings is 1. The Kier molecular flexibility index (Phi) is 5.62. The number of anilines is 1. The first-order valence-electron chi connectivity index (χ1n) is 8.84. The van der Waals surface area contributed by atoms with E-state index in [1.807, 2.05) is 4.90 Å². The largest absolute Gasteiger partial charge is 0.416 e. The molecular weight excluding hydrogens is 357 g/mol. The zero-order valence-electron chi connectivity index (χ0n) is 14.9. The number of piperidine rings is 1. The summed E-state index contributed by atoms with van der Waals surface area (Å²) in [5.41, 5.74) is -0.289. The van der Waals surface area contributed by atoms with Gasteiger partial charge >= 0.3 is 6.18 Å². The Bertz CT molecular complexity index is 782. The highest BCUT2D eigenvalue weighted by atomic mass is 19.4. The molecule has 2 unspecified atom stereocenters. The first kappa shape index (κ1) is 19.1. The molecule has 1 N–H and O–H groups in total. The fourth-order valence-corrected chi connectivity index (χ4v) is 3.23. The van der Waals surface area contributed by atoms with Crippen molar-refractivity contribution in [1.82, 2.24) is 15.3 Å². The van der Waals surface area contributed by atoms with E-state index in [0.717, 1.165) is 31.5 Å². The van der Waals surface area contributed by atoms with Gasteiger partial charge in [0.15, 0.2) is 0 Å². The molecule has 1 aliphatic rings. The topological polar surface area (TPSA) is 58.1 Å². The van der Waals surface area contributed by atoms with Gasteiger partial charge in [0, 0.05) is 25.5 Å². The van der Waals surface area contributed by atoms with Crippen molar-refractivity contribution < 1.29 is 18.0 Å². The number of carbonyl (C=O) groups excluding carboxylic acids is 1. The van der Waals surface area contributed by atoms with E-state index in [1.54, 1.807) is 31.5 Å². The molecule has 2 aromatic rings. The lowest BCUT2D eigenvalue weighted by atomic mass is 9.96. The zero-order chi connectivity index (χ0) is 19.4. The maximum absolute atomic E-state index is 12.9. The number of alkyl halides is 3. The summed E-state index contributed by atoms with van der Waals surface area (Å²) >= 11 is 0. The number of hydrogen-bond donors (Lipinski definition) is 1. The molecule has 0 saturated carbocycles. The van der Waals surface area contributed by atoms with Crippen molar-refractivity contribution in [2.75, 3.05) is 18.0 Å². The van der Waals surface area contributed by atoms with Crippen LogP contribution in [-0.4, -0.2) is 29.0 Å². The number of nitrogens with zero attached hydrogens (tertiary/aromatic N) is 3. The van der Waals surface area contributed by atoms with Crippen molar-refractivity contribution in [2.24, 2.45) is 5.92 Å². The summed E-state index contributed by atoms with van der Waals surface area (Å²) in [7, 11) is 0. The van der Waals surface area contributed by atoms with Gasteiger partial charge in [-0.05, 0) is 43.5 Å². The van der Waals surface area contributed by atoms with Gasteiger partial charge in [-0.25, -0.2) is 9.97 Å². The number of halogens is 3. The van der Waals surface area contributed by atoms with Gasteiger partial charge in [-0.1, -0.05) is 12.1 Å². The average molecular weight is 378 g/mol. The second-order valence-corrected chi connectivity index (χ2v) is 6.69. The number of amides is 1. The number of aromatic nitrogens is 2. The smallest absolute Gasteiger partial charge is 0.349 e. The lowest BCUT2D eigenvalue weighted by molar-refractivity contribution is -0.137. The predicted molar refractivity (Wildman–Crippen MR) is 95.0 cm³/mol. The molecule has 0 radical (unpaired) electrons. The maximum Gasteiger partial charge on any atom is 0.416 e. The summed E-state index contributed by atoms with van der Waals surface area (Å²) in [5.74, 6) is 0.164. The molecule has 27 heavy (non-hydrogen) atoms. The fraction of sp³-hybridized carbons (Fsp3) is 0.421. The highest BCUT2D eigenvalue weighted by Gasteiger charge is 2.31. The Balaban J connectivity index is 1.64. The minimum Gasteiger partial charge on any atom is -0.349 e. The summed E-state index contributed by atoms with van der Waals surface area (Å²) in [6, 6.07) is 6.27. The van der Waals surface area contributed by atoms with Gasteiger partial charge in [-0.3, -0.25) is 4.79 Å². The SMILES string of the molecule is CC(NC(=O)C1CCCN(c2ncccn2)C1)c1cccc(C(F)(F)F)c1. The predicted octanol–water partition coefficient (Wildman–Crippen LogP) is 3.59. The van der Waals surface area contributed by atoms with Crippen LogP contribution in [0.1, 0.15) is 36.9 Å². The molecule has 0 aliphatic carbocycles. The lowest BCUT2D eigenvalue weighted by Crippen LogP contribution is -2.44. The highest BCUT2D eigenvalue weighted by Crippen LogP contribution is 2.31. The van der Waals surface area contributed by atoms with Crippen LogP contribution < -0.4 is 10.2 Å². The van der Waals surface area contributed by atoms with Gasteiger partial charge < -0.3 is 10.2 Å². The molecule has 1 amide bonds. The van der Waals surface area contributed by atoms with Gasteiger partial charge in [0.05, 0.1) is 17.5 Å². The molecule has 0 bridgehead atoms. The molecule has 1 aromatic carbocycles. The third-order valence-corrected chi connectivity index (χ3v) is 4.70. The number of hydrogen-bond acceptors (Lipinski definition) is 4.